The van der Waals surface area contributed by atoms with Crippen molar-refractivity contribution in [1.82, 2.24) is 14.1 Å². The molecular weight excluding hydrogens is 242 g/mol. The number of hydrogen-bond acceptors (Lipinski definition) is 3. The maximum absolute atomic E-state index is 5.42. The fourth-order valence-corrected chi connectivity index (χ4v) is 2.23. The zero-order valence-corrected chi connectivity index (χ0v) is 11.7. The van der Waals surface area contributed by atoms with Gasteiger partial charge in [0.25, 0.3) is 0 Å². The second-order valence-corrected chi connectivity index (χ2v) is 6.80. The average Bonchev–Trinajstić information content (AvgIpc) is 2.70. The van der Waals surface area contributed by atoms with Crippen LogP contribution in [-0.4, -0.2) is 14.1 Å². The van der Waals surface area contributed by atoms with E-state index < -0.39 is 0 Å². The third kappa shape index (κ3) is 3.06. The average molecular weight is 259 g/mol. The van der Waals surface area contributed by atoms with Gasteiger partial charge in [-0.05, 0) is 32.9 Å². The van der Waals surface area contributed by atoms with Crippen LogP contribution in [-0.2, 0) is 6.54 Å². The summed E-state index contributed by atoms with van der Waals surface area (Å²) >= 11 is 1.71. The van der Waals surface area contributed by atoms with Crippen molar-refractivity contribution < 1.29 is 0 Å². The number of hydrogen-bond donors (Lipinski definition) is 1. The Bertz CT molecular complexity index is 587. The van der Waals surface area contributed by atoms with Crippen LogP contribution in [0.15, 0.2) is 24.7 Å². The van der Waals surface area contributed by atoms with E-state index in [9.17, 15) is 0 Å². The van der Waals surface area contributed by atoms with E-state index in [0.29, 0.717) is 0 Å². The molecule has 94 valence electrons. The zero-order chi connectivity index (χ0) is 13.2. The van der Waals surface area contributed by atoms with Gasteiger partial charge in [0.15, 0.2) is 0 Å². The number of pyridine rings is 1. The Hall–Kier alpha value is -1.44. The van der Waals surface area contributed by atoms with Gasteiger partial charge in [-0.15, -0.1) is 6.42 Å². The lowest BCUT2D eigenvalue weighted by atomic mass is 10.2. The van der Waals surface area contributed by atoms with Crippen LogP contribution < -0.4 is 4.72 Å². The molecule has 3 nitrogen and oxygen atoms in total. The van der Waals surface area contributed by atoms with Gasteiger partial charge in [0.1, 0.15) is 0 Å². The molecule has 0 aliphatic carbocycles. The molecule has 2 rings (SSSR count). The molecule has 0 saturated heterocycles. The molecule has 0 aliphatic heterocycles. The van der Waals surface area contributed by atoms with Crippen LogP contribution in [0.25, 0.3) is 5.52 Å². The fourth-order valence-electron chi connectivity index (χ4n) is 1.59. The Morgan fingerprint density at radius 1 is 1.50 bits per heavy atom. The molecule has 2 heterocycles. The topological polar surface area (TPSA) is 29.3 Å². The predicted octanol–water partition coefficient (Wildman–Crippen LogP) is 2.85. The van der Waals surface area contributed by atoms with Gasteiger partial charge >= 0.3 is 0 Å². The minimum absolute atomic E-state index is 0.194. The van der Waals surface area contributed by atoms with Crippen LogP contribution in [0.4, 0.5) is 0 Å². The van der Waals surface area contributed by atoms with Crippen molar-refractivity contribution >= 4 is 17.5 Å². The van der Waals surface area contributed by atoms with Crippen molar-refractivity contribution in [3.05, 3.63) is 35.9 Å². The van der Waals surface area contributed by atoms with E-state index in [-0.39, 0.29) is 4.75 Å². The van der Waals surface area contributed by atoms with Crippen molar-refractivity contribution in [2.75, 3.05) is 0 Å². The molecule has 0 unspecified atom stereocenters. The fraction of sp³-hybridized carbons (Fsp3) is 0.357. The van der Waals surface area contributed by atoms with Crippen LogP contribution >= 0.6 is 11.9 Å². The van der Waals surface area contributed by atoms with Gasteiger partial charge in [0, 0.05) is 16.5 Å². The van der Waals surface area contributed by atoms with E-state index in [1.807, 2.05) is 29.1 Å². The summed E-state index contributed by atoms with van der Waals surface area (Å²) in [5, 5.41) is 0. The molecule has 0 spiro atoms. The molecule has 0 aromatic carbocycles. The summed E-state index contributed by atoms with van der Waals surface area (Å²) in [6, 6.07) is 3.90. The molecule has 0 bridgehead atoms. The number of imidazole rings is 1. The van der Waals surface area contributed by atoms with Gasteiger partial charge in [-0.25, -0.2) is 4.98 Å². The highest BCUT2D eigenvalue weighted by Gasteiger charge is 2.11. The number of aromatic nitrogens is 2. The molecule has 18 heavy (non-hydrogen) atoms. The highest BCUT2D eigenvalue weighted by atomic mass is 32.2. The Morgan fingerprint density at radius 3 is 2.94 bits per heavy atom. The summed E-state index contributed by atoms with van der Waals surface area (Å²) in [7, 11) is 0. The maximum Gasteiger partial charge on any atom is 0.0996 e. The lowest BCUT2D eigenvalue weighted by Gasteiger charge is -2.17. The second-order valence-electron chi connectivity index (χ2n) is 5.08. The standard InChI is InChI=1S/C14H17N3S/c1-5-11-6-7-17-10-15-12(13(17)8-11)9-16-18-14(2,3)4/h1,6-8,10,16H,9H2,2-4H3. The minimum Gasteiger partial charge on any atom is -0.306 e. The molecule has 0 aliphatic rings. The third-order valence-corrected chi connectivity index (χ3v) is 3.30. The SMILES string of the molecule is C#Cc1ccn2cnc(CNSC(C)(C)C)c2c1. The summed E-state index contributed by atoms with van der Waals surface area (Å²) in [4.78, 5) is 4.41. The summed E-state index contributed by atoms with van der Waals surface area (Å²) in [6.45, 7) is 7.25. The Kier molecular flexibility index (Phi) is 3.65. The number of nitrogens with zero attached hydrogens (tertiary/aromatic N) is 2. The van der Waals surface area contributed by atoms with Crippen molar-refractivity contribution in [3.8, 4) is 12.3 Å². The first kappa shape index (κ1) is 13.0. The third-order valence-electron chi connectivity index (χ3n) is 2.40. The second kappa shape index (κ2) is 5.05. The normalized spacial score (nSPS) is 11.7. The van der Waals surface area contributed by atoms with E-state index in [1.54, 1.807) is 11.9 Å². The van der Waals surface area contributed by atoms with E-state index in [4.69, 9.17) is 6.42 Å². The number of fused-ring (bicyclic) bond motifs is 1. The number of terminal acetylenes is 1. The molecule has 2 aromatic rings. The van der Waals surface area contributed by atoms with E-state index in [0.717, 1.165) is 23.3 Å². The van der Waals surface area contributed by atoms with Gasteiger partial charge < -0.3 is 4.40 Å². The molecular formula is C14H17N3S. The van der Waals surface area contributed by atoms with Crippen molar-refractivity contribution in [3.63, 3.8) is 0 Å². The summed E-state index contributed by atoms with van der Waals surface area (Å²) in [6.07, 6.45) is 9.17. The van der Waals surface area contributed by atoms with Crippen LogP contribution in [0.3, 0.4) is 0 Å². The molecule has 0 fully saturated rings. The zero-order valence-electron chi connectivity index (χ0n) is 10.9. The Balaban J connectivity index is 2.16. The van der Waals surface area contributed by atoms with E-state index in [1.165, 1.54) is 0 Å². The first-order valence-electron chi connectivity index (χ1n) is 5.83. The van der Waals surface area contributed by atoms with Crippen LogP contribution in [0.1, 0.15) is 32.0 Å². The number of rotatable bonds is 3. The largest absolute Gasteiger partial charge is 0.306 e. The van der Waals surface area contributed by atoms with E-state index >= 15 is 0 Å². The van der Waals surface area contributed by atoms with Gasteiger partial charge in [0.2, 0.25) is 0 Å². The lowest BCUT2D eigenvalue weighted by Crippen LogP contribution is -2.16. The molecule has 1 N–H and O–H groups in total. The van der Waals surface area contributed by atoms with Crippen LogP contribution in [0.2, 0.25) is 0 Å². The highest BCUT2D eigenvalue weighted by molar-refractivity contribution is 7.98. The van der Waals surface area contributed by atoms with Crippen LogP contribution in [0.5, 0.6) is 0 Å². The van der Waals surface area contributed by atoms with Gasteiger partial charge in [-0.2, -0.15) is 0 Å². The van der Waals surface area contributed by atoms with Crippen molar-refractivity contribution in [1.29, 1.82) is 0 Å². The predicted molar refractivity (Wildman–Crippen MR) is 77.3 cm³/mol. The van der Waals surface area contributed by atoms with Crippen molar-refractivity contribution in [2.45, 2.75) is 32.1 Å². The van der Waals surface area contributed by atoms with Gasteiger partial charge in [-0.3, -0.25) is 4.72 Å². The summed E-state index contributed by atoms with van der Waals surface area (Å²) in [5.74, 6) is 2.65. The molecule has 2 aromatic heterocycles. The van der Waals surface area contributed by atoms with E-state index in [2.05, 4.69) is 36.4 Å². The Morgan fingerprint density at radius 2 is 2.28 bits per heavy atom. The maximum atomic E-state index is 5.42. The minimum atomic E-state index is 0.194. The van der Waals surface area contributed by atoms with Gasteiger partial charge in [-0.1, -0.05) is 17.9 Å². The van der Waals surface area contributed by atoms with Crippen LogP contribution in [0, 0.1) is 12.3 Å². The van der Waals surface area contributed by atoms with Gasteiger partial charge in [0.05, 0.1) is 24.1 Å². The molecule has 0 amide bonds. The first-order chi connectivity index (χ1) is 8.49. The molecule has 0 radical (unpaired) electrons. The molecule has 0 saturated carbocycles. The summed E-state index contributed by atoms with van der Waals surface area (Å²) in [5.41, 5.74) is 2.96. The molecule has 4 heteroatoms. The highest BCUT2D eigenvalue weighted by Crippen LogP contribution is 2.20. The Labute approximate surface area is 112 Å². The van der Waals surface area contributed by atoms with Crippen molar-refractivity contribution in [2.24, 2.45) is 0 Å². The summed E-state index contributed by atoms with van der Waals surface area (Å²) < 4.78 is 5.53. The smallest absolute Gasteiger partial charge is 0.0996 e. The quantitative estimate of drug-likeness (QED) is 0.679. The number of nitrogens with one attached hydrogen (secondary N) is 1. The monoisotopic (exact) mass is 259 g/mol. The lowest BCUT2D eigenvalue weighted by molar-refractivity contribution is 0.786. The first-order valence-corrected chi connectivity index (χ1v) is 6.64. The molecule has 0 atom stereocenters.